The van der Waals surface area contributed by atoms with E-state index in [4.69, 9.17) is 5.84 Å². The van der Waals surface area contributed by atoms with Gasteiger partial charge in [-0.15, -0.1) is 0 Å². The summed E-state index contributed by atoms with van der Waals surface area (Å²) in [4.78, 5) is 0. The molecule has 2 N–H and O–H groups in total. The molecule has 0 fully saturated rings. The fourth-order valence-corrected chi connectivity index (χ4v) is 1.99. The molecule has 0 saturated heterocycles. The Labute approximate surface area is 107 Å². The topological polar surface area (TPSA) is 29.3 Å². The van der Waals surface area contributed by atoms with Crippen molar-refractivity contribution in [2.45, 2.75) is 19.8 Å². The van der Waals surface area contributed by atoms with Gasteiger partial charge in [-0.2, -0.15) is 0 Å². The summed E-state index contributed by atoms with van der Waals surface area (Å²) in [6.07, 6.45) is 9.87. The van der Waals surface area contributed by atoms with Crippen molar-refractivity contribution < 1.29 is 4.39 Å². The standard InChI is InChI=1S/C15H17FN2/c1-2-12-6-4-3-5-7-15(12)18(17)14-10-8-13(16)9-11-14/h3-6,8-11H,2,7,17H2,1H3. The molecule has 3 heteroatoms. The minimum atomic E-state index is -0.252. The van der Waals surface area contributed by atoms with Crippen molar-refractivity contribution in [3.63, 3.8) is 0 Å². The molecule has 0 radical (unpaired) electrons. The van der Waals surface area contributed by atoms with E-state index in [2.05, 4.69) is 19.1 Å². The van der Waals surface area contributed by atoms with Crippen LogP contribution in [0.25, 0.3) is 0 Å². The SMILES string of the molecule is CCC1=C(N(N)c2ccc(F)cc2)CC=CC=C1. The first-order chi connectivity index (χ1) is 8.72. The predicted octanol–water partition coefficient (Wildman–Crippen LogP) is 3.69. The Balaban J connectivity index is 2.34. The first kappa shape index (κ1) is 12.6. The first-order valence-corrected chi connectivity index (χ1v) is 6.08. The number of hydrazine groups is 1. The van der Waals surface area contributed by atoms with Crippen molar-refractivity contribution in [2.75, 3.05) is 5.01 Å². The number of allylic oxidation sites excluding steroid dienone is 5. The van der Waals surface area contributed by atoms with Crippen LogP contribution in [0.15, 0.2) is 59.8 Å². The van der Waals surface area contributed by atoms with Crippen molar-refractivity contribution in [2.24, 2.45) is 5.84 Å². The summed E-state index contributed by atoms with van der Waals surface area (Å²) in [5.74, 6) is 5.89. The highest BCUT2D eigenvalue weighted by Gasteiger charge is 2.11. The number of hydrogen-bond donors (Lipinski definition) is 1. The monoisotopic (exact) mass is 244 g/mol. The zero-order chi connectivity index (χ0) is 13.0. The Morgan fingerprint density at radius 3 is 2.61 bits per heavy atom. The van der Waals surface area contributed by atoms with E-state index in [1.807, 2.05) is 12.2 Å². The summed E-state index contributed by atoms with van der Waals surface area (Å²) < 4.78 is 12.9. The molecule has 0 unspecified atom stereocenters. The lowest BCUT2D eigenvalue weighted by atomic mass is 10.1. The van der Waals surface area contributed by atoms with Gasteiger partial charge in [-0.1, -0.05) is 31.2 Å². The van der Waals surface area contributed by atoms with Crippen LogP contribution in [0.3, 0.4) is 0 Å². The average Bonchev–Trinajstić information content (AvgIpc) is 2.63. The molecule has 94 valence electrons. The van der Waals surface area contributed by atoms with Crippen LogP contribution in [-0.2, 0) is 0 Å². The van der Waals surface area contributed by atoms with Crippen LogP contribution < -0.4 is 10.9 Å². The summed E-state index contributed by atoms with van der Waals surface area (Å²) in [6, 6.07) is 6.22. The van der Waals surface area contributed by atoms with E-state index in [0.29, 0.717) is 0 Å². The number of halogens is 1. The first-order valence-electron chi connectivity index (χ1n) is 6.08. The van der Waals surface area contributed by atoms with Crippen LogP contribution in [0, 0.1) is 5.82 Å². The van der Waals surface area contributed by atoms with Gasteiger partial charge in [-0.25, -0.2) is 10.2 Å². The third-order valence-electron chi connectivity index (χ3n) is 3.00. The second-order valence-electron chi connectivity index (χ2n) is 4.16. The molecule has 0 aliphatic heterocycles. The predicted molar refractivity (Wildman–Crippen MR) is 73.3 cm³/mol. The van der Waals surface area contributed by atoms with Crippen molar-refractivity contribution >= 4 is 5.69 Å². The van der Waals surface area contributed by atoms with Crippen molar-refractivity contribution in [3.8, 4) is 0 Å². The fourth-order valence-electron chi connectivity index (χ4n) is 1.99. The maximum absolute atomic E-state index is 12.9. The Hall–Kier alpha value is -1.87. The lowest BCUT2D eigenvalue weighted by Gasteiger charge is -2.23. The smallest absolute Gasteiger partial charge is 0.123 e. The largest absolute Gasteiger partial charge is 0.283 e. The van der Waals surface area contributed by atoms with Gasteiger partial charge < -0.3 is 0 Å². The van der Waals surface area contributed by atoms with Crippen LogP contribution in [-0.4, -0.2) is 0 Å². The highest BCUT2D eigenvalue weighted by molar-refractivity contribution is 5.53. The van der Waals surface area contributed by atoms with Gasteiger partial charge in [-0.3, -0.25) is 5.01 Å². The number of rotatable bonds is 3. The van der Waals surface area contributed by atoms with Crippen LogP contribution in [0.4, 0.5) is 10.1 Å². The number of anilines is 1. The van der Waals surface area contributed by atoms with Gasteiger partial charge in [0.2, 0.25) is 0 Å². The molecular weight excluding hydrogens is 227 g/mol. The van der Waals surface area contributed by atoms with E-state index >= 15 is 0 Å². The quantitative estimate of drug-likeness (QED) is 0.649. The van der Waals surface area contributed by atoms with Gasteiger partial charge in [0.15, 0.2) is 0 Å². The molecule has 0 spiro atoms. The molecule has 0 heterocycles. The molecule has 2 nitrogen and oxygen atoms in total. The summed E-state index contributed by atoms with van der Waals surface area (Å²) in [7, 11) is 0. The molecule has 2 rings (SSSR count). The summed E-state index contributed by atoms with van der Waals surface area (Å²) in [6.45, 7) is 2.10. The zero-order valence-electron chi connectivity index (χ0n) is 10.4. The van der Waals surface area contributed by atoms with Crippen molar-refractivity contribution in [3.05, 3.63) is 65.7 Å². The molecule has 1 aromatic carbocycles. The minimum Gasteiger partial charge on any atom is -0.283 e. The van der Waals surface area contributed by atoms with Gasteiger partial charge in [0.05, 0.1) is 5.69 Å². The van der Waals surface area contributed by atoms with Crippen LogP contribution in [0.1, 0.15) is 19.8 Å². The Morgan fingerprint density at radius 2 is 1.94 bits per heavy atom. The highest BCUT2D eigenvalue weighted by Crippen LogP contribution is 2.24. The lowest BCUT2D eigenvalue weighted by molar-refractivity contribution is 0.627. The fraction of sp³-hybridized carbons (Fsp3) is 0.200. The molecule has 0 saturated carbocycles. The number of nitrogens with two attached hydrogens (primary N) is 1. The third-order valence-corrected chi connectivity index (χ3v) is 3.00. The second-order valence-corrected chi connectivity index (χ2v) is 4.16. The van der Waals surface area contributed by atoms with E-state index in [1.54, 1.807) is 17.1 Å². The summed E-state index contributed by atoms with van der Waals surface area (Å²) >= 11 is 0. The Morgan fingerprint density at radius 1 is 1.22 bits per heavy atom. The van der Waals surface area contributed by atoms with Crippen LogP contribution >= 0.6 is 0 Å². The van der Waals surface area contributed by atoms with E-state index in [-0.39, 0.29) is 5.82 Å². The normalized spacial score (nSPS) is 14.8. The minimum absolute atomic E-state index is 0.252. The van der Waals surface area contributed by atoms with E-state index in [9.17, 15) is 4.39 Å². The second kappa shape index (κ2) is 5.65. The van der Waals surface area contributed by atoms with E-state index < -0.39 is 0 Å². The molecule has 0 bridgehead atoms. The van der Waals surface area contributed by atoms with Crippen LogP contribution in [0.2, 0.25) is 0 Å². The molecule has 1 aromatic rings. The van der Waals surface area contributed by atoms with Gasteiger partial charge in [-0.05, 0) is 36.3 Å². The van der Waals surface area contributed by atoms with Gasteiger partial charge in [0.25, 0.3) is 0 Å². The maximum atomic E-state index is 12.9. The molecule has 0 amide bonds. The molecule has 0 atom stereocenters. The molecule has 1 aliphatic rings. The zero-order valence-corrected chi connectivity index (χ0v) is 10.4. The average molecular weight is 244 g/mol. The number of nitrogens with zero attached hydrogens (tertiary/aromatic N) is 1. The molecular formula is C15H17FN2. The van der Waals surface area contributed by atoms with E-state index in [0.717, 1.165) is 24.2 Å². The van der Waals surface area contributed by atoms with Crippen molar-refractivity contribution in [1.82, 2.24) is 0 Å². The van der Waals surface area contributed by atoms with E-state index in [1.165, 1.54) is 17.7 Å². The molecule has 0 aromatic heterocycles. The maximum Gasteiger partial charge on any atom is 0.123 e. The Bertz CT molecular complexity index is 498. The summed E-state index contributed by atoms with van der Waals surface area (Å²) in [5, 5.41) is 1.64. The van der Waals surface area contributed by atoms with Gasteiger partial charge >= 0.3 is 0 Å². The number of benzene rings is 1. The molecule has 1 aliphatic carbocycles. The third kappa shape index (κ3) is 2.68. The summed E-state index contributed by atoms with van der Waals surface area (Å²) in [5.41, 5.74) is 3.04. The Kier molecular flexibility index (Phi) is 3.95. The number of hydrogen-bond acceptors (Lipinski definition) is 2. The van der Waals surface area contributed by atoms with Gasteiger partial charge in [0.1, 0.15) is 5.82 Å². The highest BCUT2D eigenvalue weighted by atomic mass is 19.1. The van der Waals surface area contributed by atoms with Gasteiger partial charge in [0, 0.05) is 12.1 Å². The lowest BCUT2D eigenvalue weighted by Crippen LogP contribution is -2.30. The molecule has 18 heavy (non-hydrogen) atoms. The van der Waals surface area contributed by atoms with Crippen molar-refractivity contribution in [1.29, 1.82) is 0 Å². The van der Waals surface area contributed by atoms with Crippen LogP contribution in [0.5, 0.6) is 0 Å².